The third-order valence-corrected chi connectivity index (χ3v) is 3.11. The Morgan fingerprint density at radius 1 is 1.11 bits per heavy atom. The number of nitrogens with zero attached hydrogens (tertiary/aromatic N) is 1. The molecule has 0 aliphatic heterocycles. The first-order chi connectivity index (χ1) is 8.47. The van der Waals surface area contributed by atoms with Crippen LogP contribution in [0.5, 0.6) is 0 Å². The van der Waals surface area contributed by atoms with Gasteiger partial charge in [0.05, 0.1) is 5.69 Å². The van der Waals surface area contributed by atoms with Crippen molar-refractivity contribution in [2.45, 2.75) is 33.6 Å². The molecular formula is C15H18N2O. The van der Waals surface area contributed by atoms with Crippen molar-refractivity contribution in [2.24, 2.45) is 0 Å². The van der Waals surface area contributed by atoms with E-state index in [2.05, 4.69) is 35.9 Å². The molecule has 0 aliphatic carbocycles. The molecule has 0 saturated carbocycles. The fourth-order valence-corrected chi connectivity index (χ4v) is 1.80. The van der Waals surface area contributed by atoms with Crippen LogP contribution < -0.4 is 5.56 Å². The molecule has 1 aromatic carbocycles. The summed E-state index contributed by atoms with van der Waals surface area (Å²) in [5, 5.41) is 0. The lowest BCUT2D eigenvalue weighted by molar-refractivity contribution is 0.768. The van der Waals surface area contributed by atoms with Crippen LogP contribution in [-0.2, 0) is 0 Å². The summed E-state index contributed by atoms with van der Waals surface area (Å²) in [7, 11) is 0. The average molecular weight is 242 g/mol. The molecule has 0 saturated heterocycles. The molecule has 2 aromatic rings. The topological polar surface area (TPSA) is 45.8 Å². The van der Waals surface area contributed by atoms with Crippen LogP contribution in [0.4, 0.5) is 0 Å². The van der Waals surface area contributed by atoms with E-state index in [4.69, 9.17) is 0 Å². The second-order valence-corrected chi connectivity index (χ2v) is 4.97. The largest absolute Gasteiger partial charge is 0.310 e. The first-order valence-electron chi connectivity index (χ1n) is 6.16. The maximum absolute atomic E-state index is 11.6. The van der Waals surface area contributed by atoms with Crippen LogP contribution in [0.1, 0.15) is 36.7 Å². The minimum atomic E-state index is -0.0954. The van der Waals surface area contributed by atoms with Gasteiger partial charge in [-0.1, -0.05) is 26.0 Å². The van der Waals surface area contributed by atoms with E-state index in [0.717, 1.165) is 17.1 Å². The van der Waals surface area contributed by atoms with Crippen molar-refractivity contribution >= 4 is 0 Å². The Kier molecular flexibility index (Phi) is 3.32. The van der Waals surface area contributed by atoms with Crippen LogP contribution in [0.3, 0.4) is 0 Å². The standard InChI is InChI=1S/C15H18N2O/c1-9(2)15-16-13(8-14(18)17-15)12-6-5-10(3)11(4)7-12/h5-9H,1-4H3,(H,16,17,18). The van der Waals surface area contributed by atoms with Crippen molar-refractivity contribution in [3.8, 4) is 11.3 Å². The van der Waals surface area contributed by atoms with Crippen molar-refractivity contribution < 1.29 is 0 Å². The van der Waals surface area contributed by atoms with Crippen molar-refractivity contribution in [1.82, 2.24) is 9.97 Å². The van der Waals surface area contributed by atoms with Gasteiger partial charge in [-0.2, -0.15) is 0 Å². The van der Waals surface area contributed by atoms with Gasteiger partial charge in [-0.15, -0.1) is 0 Å². The number of hydrogen-bond donors (Lipinski definition) is 1. The molecule has 0 fully saturated rings. The van der Waals surface area contributed by atoms with Gasteiger partial charge in [0.25, 0.3) is 5.56 Å². The summed E-state index contributed by atoms with van der Waals surface area (Å²) in [5.41, 5.74) is 4.09. The van der Waals surface area contributed by atoms with Gasteiger partial charge in [0, 0.05) is 17.5 Å². The highest BCUT2D eigenvalue weighted by molar-refractivity contribution is 5.60. The summed E-state index contributed by atoms with van der Waals surface area (Å²) in [6.45, 7) is 8.17. The molecule has 0 unspecified atom stereocenters. The Morgan fingerprint density at radius 3 is 2.44 bits per heavy atom. The predicted molar refractivity (Wildman–Crippen MR) is 73.9 cm³/mol. The fourth-order valence-electron chi connectivity index (χ4n) is 1.80. The van der Waals surface area contributed by atoms with E-state index in [1.807, 2.05) is 19.9 Å². The molecule has 94 valence electrons. The maximum Gasteiger partial charge on any atom is 0.251 e. The summed E-state index contributed by atoms with van der Waals surface area (Å²) in [5.74, 6) is 0.944. The molecule has 0 radical (unpaired) electrons. The SMILES string of the molecule is Cc1ccc(-c2cc(=O)[nH]c(C(C)C)n2)cc1C. The first-order valence-corrected chi connectivity index (χ1v) is 6.16. The highest BCUT2D eigenvalue weighted by atomic mass is 16.1. The molecule has 0 spiro atoms. The summed E-state index contributed by atoms with van der Waals surface area (Å²) in [6.07, 6.45) is 0. The van der Waals surface area contributed by atoms with Gasteiger partial charge in [-0.25, -0.2) is 4.98 Å². The third-order valence-electron chi connectivity index (χ3n) is 3.11. The quantitative estimate of drug-likeness (QED) is 0.879. The van der Waals surface area contributed by atoms with E-state index in [1.54, 1.807) is 6.07 Å². The number of aromatic amines is 1. The van der Waals surface area contributed by atoms with Crippen molar-refractivity contribution in [1.29, 1.82) is 0 Å². The lowest BCUT2D eigenvalue weighted by Gasteiger charge is -2.08. The number of aryl methyl sites for hydroxylation is 2. The Labute approximate surface area is 107 Å². The Hall–Kier alpha value is -1.90. The molecule has 0 aliphatic rings. The van der Waals surface area contributed by atoms with Gasteiger partial charge in [0.2, 0.25) is 0 Å². The molecule has 0 amide bonds. The van der Waals surface area contributed by atoms with Gasteiger partial charge < -0.3 is 4.98 Å². The lowest BCUT2D eigenvalue weighted by atomic mass is 10.0. The summed E-state index contributed by atoms with van der Waals surface area (Å²) in [4.78, 5) is 18.9. The molecule has 1 heterocycles. The van der Waals surface area contributed by atoms with Crippen LogP contribution in [0, 0.1) is 13.8 Å². The highest BCUT2D eigenvalue weighted by Crippen LogP contribution is 2.20. The summed E-state index contributed by atoms with van der Waals surface area (Å²) in [6, 6.07) is 7.69. The number of hydrogen-bond acceptors (Lipinski definition) is 2. The number of nitrogens with one attached hydrogen (secondary N) is 1. The van der Waals surface area contributed by atoms with Crippen molar-refractivity contribution in [2.75, 3.05) is 0 Å². The second-order valence-electron chi connectivity index (χ2n) is 4.97. The van der Waals surface area contributed by atoms with Crippen molar-refractivity contribution in [3.63, 3.8) is 0 Å². The predicted octanol–water partition coefficient (Wildman–Crippen LogP) is 3.18. The molecule has 3 heteroatoms. The number of rotatable bonds is 2. The fraction of sp³-hybridized carbons (Fsp3) is 0.333. The molecule has 0 atom stereocenters. The van der Waals surface area contributed by atoms with Gasteiger partial charge in [-0.05, 0) is 31.0 Å². The normalized spacial score (nSPS) is 10.9. The minimum Gasteiger partial charge on any atom is -0.310 e. The minimum absolute atomic E-state index is 0.0954. The third kappa shape index (κ3) is 2.50. The zero-order chi connectivity index (χ0) is 13.3. The van der Waals surface area contributed by atoms with Crippen LogP contribution in [0.15, 0.2) is 29.1 Å². The van der Waals surface area contributed by atoms with E-state index >= 15 is 0 Å². The zero-order valence-corrected chi connectivity index (χ0v) is 11.2. The van der Waals surface area contributed by atoms with E-state index in [-0.39, 0.29) is 11.5 Å². The van der Waals surface area contributed by atoms with Crippen LogP contribution in [0.25, 0.3) is 11.3 Å². The average Bonchev–Trinajstić information content (AvgIpc) is 2.31. The van der Waals surface area contributed by atoms with Crippen LogP contribution in [0.2, 0.25) is 0 Å². The molecule has 3 nitrogen and oxygen atoms in total. The van der Waals surface area contributed by atoms with Crippen molar-refractivity contribution in [3.05, 3.63) is 51.6 Å². The molecular weight excluding hydrogens is 224 g/mol. The zero-order valence-electron chi connectivity index (χ0n) is 11.2. The van der Waals surface area contributed by atoms with E-state index in [1.165, 1.54) is 11.1 Å². The van der Waals surface area contributed by atoms with Crippen LogP contribution >= 0.6 is 0 Å². The summed E-state index contributed by atoms with van der Waals surface area (Å²) >= 11 is 0. The molecule has 0 bridgehead atoms. The smallest absolute Gasteiger partial charge is 0.251 e. The van der Waals surface area contributed by atoms with Crippen LogP contribution in [-0.4, -0.2) is 9.97 Å². The van der Waals surface area contributed by atoms with E-state index in [9.17, 15) is 4.79 Å². The number of benzene rings is 1. The van der Waals surface area contributed by atoms with Gasteiger partial charge in [0.15, 0.2) is 0 Å². The molecule has 2 rings (SSSR count). The Bertz CT molecular complexity index is 627. The lowest BCUT2D eigenvalue weighted by Crippen LogP contribution is -2.12. The molecule has 1 aromatic heterocycles. The summed E-state index contributed by atoms with van der Waals surface area (Å²) < 4.78 is 0. The number of H-pyrrole nitrogens is 1. The van der Waals surface area contributed by atoms with E-state index < -0.39 is 0 Å². The van der Waals surface area contributed by atoms with Gasteiger partial charge >= 0.3 is 0 Å². The monoisotopic (exact) mass is 242 g/mol. The highest BCUT2D eigenvalue weighted by Gasteiger charge is 2.07. The maximum atomic E-state index is 11.6. The van der Waals surface area contributed by atoms with E-state index in [0.29, 0.717) is 0 Å². The molecule has 18 heavy (non-hydrogen) atoms. The second kappa shape index (κ2) is 4.77. The molecule has 1 N–H and O–H groups in total. The number of aromatic nitrogens is 2. The Balaban J connectivity index is 2.56. The van der Waals surface area contributed by atoms with Gasteiger partial charge in [0.1, 0.15) is 5.82 Å². The first kappa shape index (κ1) is 12.6. The van der Waals surface area contributed by atoms with Gasteiger partial charge in [-0.3, -0.25) is 4.79 Å². The Morgan fingerprint density at radius 2 is 1.83 bits per heavy atom.